The van der Waals surface area contributed by atoms with Gasteiger partial charge in [0.25, 0.3) is 0 Å². The third-order valence-electron chi connectivity index (χ3n) is 3.80. The van der Waals surface area contributed by atoms with Crippen molar-refractivity contribution in [2.45, 2.75) is 31.5 Å². The van der Waals surface area contributed by atoms with Crippen LogP contribution in [0.4, 0.5) is 0 Å². The van der Waals surface area contributed by atoms with Crippen LogP contribution in [0.3, 0.4) is 0 Å². The quantitative estimate of drug-likeness (QED) is 0.773. The molecule has 1 aliphatic rings. The number of likely N-dealkylation sites (tertiary alicyclic amines) is 1. The predicted octanol–water partition coefficient (Wildman–Crippen LogP) is 1.41. The van der Waals surface area contributed by atoms with E-state index < -0.39 is 12.1 Å². The number of rotatable bonds is 7. The lowest BCUT2D eigenvalue weighted by Gasteiger charge is -2.18. The van der Waals surface area contributed by atoms with E-state index in [2.05, 4.69) is 5.32 Å². The van der Waals surface area contributed by atoms with Gasteiger partial charge in [-0.3, -0.25) is 9.59 Å². The Morgan fingerprint density at radius 3 is 2.78 bits per heavy atom. The molecule has 0 aromatic heterocycles. The van der Waals surface area contributed by atoms with Gasteiger partial charge in [-0.15, -0.1) is 12.4 Å². The van der Waals surface area contributed by atoms with Crippen molar-refractivity contribution in [1.29, 1.82) is 0 Å². The van der Waals surface area contributed by atoms with Gasteiger partial charge in [-0.2, -0.15) is 11.8 Å². The maximum Gasteiger partial charge on any atom is 0.245 e. The Labute approximate surface area is 147 Å². The molecular weight excluding hydrogens is 334 g/mol. The molecule has 1 fully saturated rings. The van der Waals surface area contributed by atoms with Crippen molar-refractivity contribution in [3.63, 3.8) is 0 Å². The number of halogens is 1. The summed E-state index contributed by atoms with van der Waals surface area (Å²) in [5.74, 6) is 0.594. The number of nitrogens with zero attached hydrogens (tertiary/aromatic N) is 1. The van der Waals surface area contributed by atoms with Crippen LogP contribution >= 0.6 is 24.2 Å². The third-order valence-corrected chi connectivity index (χ3v) is 4.44. The van der Waals surface area contributed by atoms with Crippen molar-refractivity contribution in [1.82, 2.24) is 10.2 Å². The third kappa shape index (κ3) is 5.71. The fourth-order valence-electron chi connectivity index (χ4n) is 2.49. The molecule has 0 bridgehead atoms. The number of carbonyl (C=O) groups excluding carboxylic acids is 2. The molecule has 2 atom stereocenters. The summed E-state index contributed by atoms with van der Waals surface area (Å²) in [7, 11) is 0. The standard InChI is InChI=1S/C16H23N3O2S.ClH/c1-22-10-8-13(17)15(20)18-14-7-9-19(16(14)21)11-12-5-3-2-4-6-12;/h2-6,13-14H,7-11,17H2,1H3,(H,18,20);1H/t13-,14?;/m0./s1. The van der Waals surface area contributed by atoms with E-state index in [0.717, 1.165) is 11.3 Å². The maximum absolute atomic E-state index is 12.3. The molecule has 0 saturated carbocycles. The number of nitrogens with two attached hydrogens (primary N) is 1. The molecule has 23 heavy (non-hydrogen) atoms. The molecule has 5 nitrogen and oxygen atoms in total. The van der Waals surface area contributed by atoms with Crippen LogP contribution in [0.1, 0.15) is 18.4 Å². The Morgan fingerprint density at radius 1 is 1.43 bits per heavy atom. The Kier molecular flexibility index (Phi) is 8.44. The summed E-state index contributed by atoms with van der Waals surface area (Å²) >= 11 is 1.66. The second kappa shape index (κ2) is 9.80. The summed E-state index contributed by atoms with van der Waals surface area (Å²) in [6, 6.07) is 8.89. The van der Waals surface area contributed by atoms with Gasteiger partial charge in [0.05, 0.1) is 6.04 Å². The minimum Gasteiger partial charge on any atom is -0.343 e. The Bertz CT molecular complexity index is 515. The molecule has 1 saturated heterocycles. The van der Waals surface area contributed by atoms with E-state index in [1.54, 1.807) is 16.7 Å². The zero-order valence-corrected chi connectivity index (χ0v) is 14.9. The lowest BCUT2D eigenvalue weighted by Crippen LogP contribution is -2.48. The molecule has 1 aromatic rings. The minimum atomic E-state index is -0.538. The monoisotopic (exact) mass is 357 g/mol. The van der Waals surface area contributed by atoms with Crippen LogP contribution in [0, 0.1) is 0 Å². The molecule has 3 N–H and O–H groups in total. The molecule has 0 aliphatic carbocycles. The predicted molar refractivity (Wildman–Crippen MR) is 96.6 cm³/mol. The van der Waals surface area contributed by atoms with Gasteiger partial charge in [-0.1, -0.05) is 30.3 Å². The fraction of sp³-hybridized carbons (Fsp3) is 0.500. The van der Waals surface area contributed by atoms with Gasteiger partial charge in [0.15, 0.2) is 0 Å². The van der Waals surface area contributed by atoms with Crippen LogP contribution in [-0.2, 0) is 16.1 Å². The van der Waals surface area contributed by atoms with Gasteiger partial charge >= 0.3 is 0 Å². The molecule has 2 rings (SSSR count). The molecule has 0 spiro atoms. The molecule has 1 heterocycles. The van der Waals surface area contributed by atoms with E-state index in [1.165, 1.54) is 0 Å². The van der Waals surface area contributed by atoms with E-state index in [4.69, 9.17) is 5.73 Å². The summed E-state index contributed by atoms with van der Waals surface area (Å²) in [6.07, 6.45) is 3.25. The van der Waals surface area contributed by atoms with Crippen LogP contribution in [0.5, 0.6) is 0 Å². The Balaban J connectivity index is 0.00000264. The summed E-state index contributed by atoms with van der Waals surface area (Å²) in [4.78, 5) is 26.1. The van der Waals surface area contributed by atoms with Crippen molar-refractivity contribution < 1.29 is 9.59 Å². The first-order valence-electron chi connectivity index (χ1n) is 7.49. The SMILES string of the molecule is CSCC[C@H](N)C(=O)NC1CCN(Cc2ccccc2)C1=O.Cl. The summed E-state index contributed by atoms with van der Waals surface area (Å²) in [6.45, 7) is 1.25. The highest BCUT2D eigenvalue weighted by molar-refractivity contribution is 7.98. The average molecular weight is 358 g/mol. The fourth-order valence-corrected chi connectivity index (χ4v) is 2.98. The topological polar surface area (TPSA) is 75.4 Å². The first kappa shape index (κ1) is 19.8. The van der Waals surface area contributed by atoms with Gasteiger partial charge in [0.2, 0.25) is 11.8 Å². The molecule has 0 radical (unpaired) electrons. The van der Waals surface area contributed by atoms with Gasteiger partial charge < -0.3 is 16.0 Å². The average Bonchev–Trinajstić information content (AvgIpc) is 2.86. The molecule has 1 unspecified atom stereocenters. The first-order valence-corrected chi connectivity index (χ1v) is 8.89. The minimum absolute atomic E-state index is 0. The number of carbonyl (C=O) groups is 2. The number of nitrogens with one attached hydrogen (secondary N) is 1. The van der Waals surface area contributed by atoms with Crippen molar-refractivity contribution >= 4 is 36.0 Å². The highest BCUT2D eigenvalue weighted by Gasteiger charge is 2.33. The number of hydrogen-bond donors (Lipinski definition) is 2. The second-order valence-corrected chi connectivity index (χ2v) is 6.47. The number of hydrogen-bond acceptors (Lipinski definition) is 4. The summed E-state index contributed by atoms with van der Waals surface area (Å²) in [5.41, 5.74) is 6.93. The van der Waals surface area contributed by atoms with Gasteiger partial charge in [0.1, 0.15) is 6.04 Å². The molecule has 7 heteroatoms. The summed E-state index contributed by atoms with van der Waals surface area (Å²) < 4.78 is 0. The van der Waals surface area contributed by atoms with Crippen LogP contribution in [0.15, 0.2) is 30.3 Å². The first-order chi connectivity index (χ1) is 10.6. The molecule has 2 amide bonds. The smallest absolute Gasteiger partial charge is 0.245 e. The Morgan fingerprint density at radius 2 is 2.13 bits per heavy atom. The zero-order valence-electron chi connectivity index (χ0n) is 13.2. The highest BCUT2D eigenvalue weighted by atomic mass is 35.5. The second-order valence-electron chi connectivity index (χ2n) is 5.48. The zero-order chi connectivity index (χ0) is 15.9. The van der Waals surface area contributed by atoms with Crippen molar-refractivity contribution in [3.05, 3.63) is 35.9 Å². The van der Waals surface area contributed by atoms with Crippen LogP contribution in [-0.4, -0.2) is 47.4 Å². The molecule has 128 valence electrons. The van der Waals surface area contributed by atoms with Crippen molar-refractivity contribution in [2.75, 3.05) is 18.6 Å². The van der Waals surface area contributed by atoms with Gasteiger partial charge in [-0.05, 0) is 30.4 Å². The molecule has 1 aromatic carbocycles. The van der Waals surface area contributed by atoms with E-state index in [1.807, 2.05) is 36.6 Å². The van der Waals surface area contributed by atoms with Crippen molar-refractivity contribution in [2.24, 2.45) is 5.73 Å². The highest BCUT2D eigenvalue weighted by Crippen LogP contribution is 2.15. The van der Waals surface area contributed by atoms with E-state index in [-0.39, 0.29) is 24.2 Å². The van der Waals surface area contributed by atoms with Crippen LogP contribution < -0.4 is 11.1 Å². The van der Waals surface area contributed by atoms with Crippen molar-refractivity contribution in [3.8, 4) is 0 Å². The lowest BCUT2D eigenvalue weighted by atomic mass is 10.2. The summed E-state index contributed by atoms with van der Waals surface area (Å²) in [5, 5.41) is 2.79. The number of amides is 2. The van der Waals surface area contributed by atoms with Crippen LogP contribution in [0.25, 0.3) is 0 Å². The van der Waals surface area contributed by atoms with E-state index in [0.29, 0.717) is 25.9 Å². The molecule has 1 aliphatic heterocycles. The van der Waals surface area contributed by atoms with Gasteiger partial charge in [-0.25, -0.2) is 0 Å². The van der Waals surface area contributed by atoms with Gasteiger partial charge in [0, 0.05) is 13.1 Å². The number of benzene rings is 1. The maximum atomic E-state index is 12.3. The normalized spacial score (nSPS) is 18.4. The largest absolute Gasteiger partial charge is 0.343 e. The Hall–Kier alpha value is -1.24. The van der Waals surface area contributed by atoms with Crippen LogP contribution in [0.2, 0.25) is 0 Å². The van der Waals surface area contributed by atoms with E-state index in [9.17, 15) is 9.59 Å². The lowest BCUT2D eigenvalue weighted by molar-refractivity contribution is -0.133. The molecular formula is C16H24ClN3O2S. The number of thioether (sulfide) groups is 1. The van der Waals surface area contributed by atoms with E-state index >= 15 is 0 Å².